The molecule has 0 nitrogen and oxygen atoms in total. The molecular weight excluding hydrogens is 622 g/mol. The fraction of sp³-hybridized carbons (Fsp3) is 0. The number of hydrogen-bond acceptors (Lipinski definition) is 0. The van der Waals surface area contributed by atoms with Gasteiger partial charge in [-0.1, -0.05) is 83.9 Å². The molecule has 6 aromatic carbocycles. The molecule has 0 aromatic heterocycles. The first-order chi connectivity index (χ1) is 16.6. The van der Waals surface area contributed by atoms with Crippen molar-refractivity contribution in [3.63, 3.8) is 0 Å². The van der Waals surface area contributed by atoms with Crippen molar-refractivity contribution in [3.8, 4) is 22.3 Å². The summed E-state index contributed by atoms with van der Waals surface area (Å²) in [6.45, 7) is 0. The van der Waals surface area contributed by atoms with E-state index in [0.29, 0.717) is 0 Å². The fourth-order valence-corrected chi connectivity index (χ4v) is 4.06. The van der Waals surface area contributed by atoms with Crippen LogP contribution in [0.1, 0.15) is 0 Å². The van der Waals surface area contributed by atoms with Crippen LogP contribution in [0.25, 0.3) is 43.8 Å². The summed E-state index contributed by atoms with van der Waals surface area (Å²) in [7, 11) is 10.3. The van der Waals surface area contributed by atoms with Crippen molar-refractivity contribution in [1.82, 2.24) is 0 Å². The van der Waals surface area contributed by atoms with Gasteiger partial charge in [-0.15, -0.1) is 57.9 Å². The van der Waals surface area contributed by atoms with E-state index >= 15 is 0 Å². The second-order valence-corrected chi connectivity index (χ2v) is 19.2. The maximum Gasteiger partial charge on any atom is -0.0279 e. The van der Waals surface area contributed by atoms with Crippen LogP contribution < -0.4 is 0 Å². The zero-order chi connectivity index (χ0) is 23.8. The molecule has 0 saturated carbocycles. The molecular formula is C31H24Cl2Hf-2. The van der Waals surface area contributed by atoms with Gasteiger partial charge in [-0.05, 0) is 11.1 Å². The van der Waals surface area contributed by atoms with Gasteiger partial charge in [0.2, 0.25) is 0 Å². The van der Waals surface area contributed by atoms with Gasteiger partial charge in [0.15, 0.2) is 0 Å². The topological polar surface area (TPSA) is 0 Å². The molecule has 0 aliphatic rings. The number of halogens is 2. The van der Waals surface area contributed by atoms with E-state index in [2.05, 4.69) is 138 Å². The van der Waals surface area contributed by atoms with E-state index in [0.717, 1.165) is 0 Å². The molecule has 0 spiro atoms. The van der Waals surface area contributed by atoms with E-state index in [9.17, 15) is 0 Å². The molecule has 34 heavy (non-hydrogen) atoms. The smallest absolute Gasteiger partial charge is 0.0279 e. The van der Waals surface area contributed by atoms with Crippen LogP contribution in [0.2, 0.25) is 0 Å². The van der Waals surface area contributed by atoms with Gasteiger partial charge in [0.1, 0.15) is 0 Å². The van der Waals surface area contributed by atoms with Crippen LogP contribution >= 0.6 is 17.2 Å². The number of hydrogen-bond donors (Lipinski definition) is 0. The zero-order valence-corrected chi connectivity index (χ0v) is 23.8. The summed E-state index contributed by atoms with van der Waals surface area (Å²) in [6.07, 6.45) is 0. The van der Waals surface area contributed by atoms with Gasteiger partial charge in [-0.25, -0.2) is 0 Å². The largest absolute Gasteiger partial charge is 0.168 e. The van der Waals surface area contributed by atoms with Gasteiger partial charge in [0.05, 0.1) is 0 Å². The maximum atomic E-state index is 5.14. The van der Waals surface area contributed by atoms with Crippen molar-refractivity contribution in [2.45, 2.75) is 0 Å². The predicted octanol–water partition coefficient (Wildman–Crippen LogP) is 9.80. The second-order valence-electron chi connectivity index (χ2n) is 7.74. The molecule has 6 aromatic rings. The Morgan fingerprint density at radius 3 is 1.26 bits per heavy atom. The molecule has 0 aliphatic carbocycles. The Labute approximate surface area is 215 Å². The van der Waals surface area contributed by atoms with Crippen LogP contribution in [-0.2, 0) is 18.6 Å². The van der Waals surface area contributed by atoms with E-state index in [1.54, 1.807) is 0 Å². The SMILES string of the molecule is [CH2]=[Hf]([Cl])[Cl].c1ccc(-c2cccc3[cH-]ccc23)cc1.c1ccc(-c2cccc3[cH-]ccc23)cc1. The minimum Gasteiger partial charge on any atom is -0.168 e. The summed E-state index contributed by atoms with van der Waals surface area (Å²) in [5.74, 6) is 0. The summed E-state index contributed by atoms with van der Waals surface area (Å²) >= 11 is -1.96. The fourth-order valence-electron chi connectivity index (χ4n) is 4.06. The van der Waals surface area contributed by atoms with Crippen LogP contribution in [0.3, 0.4) is 0 Å². The van der Waals surface area contributed by atoms with Crippen LogP contribution in [0.4, 0.5) is 0 Å². The summed E-state index contributed by atoms with van der Waals surface area (Å²) in [6, 6.07) is 46.8. The Morgan fingerprint density at radius 2 is 0.882 bits per heavy atom. The van der Waals surface area contributed by atoms with Gasteiger partial charge in [-0.3, -0.25) is 0 Å². The van der Waals surface area contributed by atoms with Gasteiger partial charge in [0, 0.05) is 0 Å². The van der Waals surface area contributed by atoms with Crippen LogP contribution in [0.5, 0.6) is 0 Å². The molecule has 0 amide bonds. The molecule has 0 fully saturated rings. The van der Waals surface area contributed by atoms with Gasteiger partial charge in [-0.2, -0.15) is 24.3 Å². The van der Waals surface area contributed by atoms with Crippen LogP contribution in [0.15, 0.2) is 133 Å². The monoisotopic (exact) mass is 646 g/mol. The van der Waals surface area contributed by atoms with E-state index in [-0.39, 0.29) is 0 Å². The molecule has 0 bridgehead atoms. The third kappa shape index (κ3) is 6.30. The maximum absolute atomic E-state index is 5.14. The average Bonchev–Trinajstić information content (AvgIpc) is 3.54. The molecule has 168 valence electrons. The molecule has 0 atom stereocenters. The quantitative estimate of drug-likeness (QED) is 0.130. The standard InChI is InChI=1S/2C15H11.CH2.2ClH.Hf/c2*1-2-6-12(7-3-1)14-10-4-8-13-9-5-11-15(13)14;;;;/h2*1-11H;1H2;2*1H;/q2*-1;;;;+2/p-2. The molecule has 0 radical (unpaired) electrons. The van der Waals surface area contributed by atoms with Gasteiger partial charge < -0.3 is 0 Å². The Kier molecular flexibility index (Phi) is 8.82. The van der Waals surface area contributed by atoms with E-state index < -0.39 is 18.6 Å². The first-order valence-corrected chi connectivity index (χ1v) is 22.5. The summed E-state index contributed by atoms with van der Waals surface area (Å²) in [5, 5.41) is 5.31. The first-order valence-electron chi connectivity index (χ1n) is 11.0. The summed E-state index contributed by atoms with van der Waals surface area (Å²) < 4.78 is 3.38. The van der Waals surface area contributed by atoms with E-state index in [1.807, 2.05) is 0 Å². The zero-order valence-electron chi connectivity index (χ0n) is 18.7. The molecule has 0 saturated heterocycles. The van der Waals surface area contributed by atoms with Crippen LogP contribution in [0, 0.1) is 0 Å². The van der Waals surface area contributed by atoms with E-state index in [4.69, 9.17) is 17.2 Å². The van der Waals surface area contributed by atoms with Crippen molar-refractivity contribution in [3.05, 3.63) is 133 Å². The minimum atomic E-state index is -1.96. The summed E-state index contributed by atoms with van der Waals surface area (Å²) in [4.78, 5) is 0. The van der Waals surface area contributed by atoms with Crippen molar-refractivity contribution in [2.24, 2.45) is 0 Å². The molecule has 0 aliphatic heterocycles. The third-order valence-electron chi connectivity index (χ3n) is 5.53. The predicted molar refractivity (Wildman–Crippen MR) is 149 cm³/mol. The van der Waals surface area contributed by atoms with E-state index in [1.165, 1.54) is 43.8 Å². The van der Waals surface area contributed by atoms with Gasteiger partial charge >= 0.3 is 40.0 Å². The number of benzene rings is 4. The Morgan fingerprint density at radius 1 is 0.500 bits per heavy atom. The van der Waals surface area contributed by atoms with Crippen molar-refractivity contribution in [1.29, 1.82) is 0 Å². The van der Waals surface area contributed by atoms with Crippen molar-refractivity contribution in [2.75, 3.05) is 0 Å². The average molecular weight is 646 g/mol. The normalized spacial score (nSPS) is 10.2. The molecule has 6 rings (SSSR count). The molecule has 0 unspecified atom stereocenters. The Bertz CT molecular complexity index is 1360. The molecule has 0 N–H and O–H groups in total. The Hall–Kier alpha value is -2.58. The summed E-state index contributed by atoms with van der Waals surface area (Å²) in [5.41, 5.74) is 5.21. The van der Waals surface area contributed by atoms with Gasteiger partial charge in [0.25, 0.3) is 0 Å². The molecule has 3 heteroatoms. The molecule has 0 heterocycles. The van der Waals surface area contributed by atoms with Crippen molar-refractivity contribution >= 4 is 43.0 Å². The van der Waals surface area contributed by atoms with Crippen LogP contribution in [-0.4, -0.2) is 4.26 Å². The number of rotatable bonds is 2. The van der Waals surface area contributed by atoms with Crippen molar-refractivity contribution < 1.29 is 18.6 Å². The second kappa shape index (κ2) is 12.2. The number of fused-ring (bicyclic) bond motifs is 2. The third-order valence-corrected chi connectivity index (χ3v) is 5.53. The Balaban J connectivity index is 0.000000140. The first kappa shape index (κ1) is 24.5. The minimum absolute atomic E-state index is 1.29.